The molecule has 0 aromatic heterocycles. The lowest BCUT2D eigenvalue weighted by molar-refractivity contribution is -0.122. The largest absolute Gasteiger partial charge is 0.481 e. The topological polar surface area (TPSA) is 64.3 Å². The number of nitrogen functional groups attached to an aromatic ring is 1. The summed E-state index contributed by atoms with van der Waals surface area (Å²) in [6, 6.07) is 14.8. The Balaban J connectivity index is 2.02. The molecule has 2 aromatic rings. The van der Waals surface area contributed by atoms with Crippen LogP contribution in [0.2, 0.25) is 0 Å². The molecule has 0 bridgehead atoms. The molecule has 0 spiro atoms. The lowest BCUT2D eigenvalue weighted by Gasteiger charge is -2.16. The van der Waals surface area contributed by atoms with Crippen LogP contribution < -0.4 is 15.8 Å². The lowest BCUT2D eigenvalue weighted by Crippen LogP contribution is -2.30. The second kappa shape index (κ2) is 6.79. The summed E-state index contributed by atoms with van der Waals surface area (Å²) in [6.45, 7) is 3.77. The van der Waals surface area contributed by atoms with Gasteiger partial charge in [0.25, 0.3) is 5.91 Å². The predicted molar refractivity (Wildman–Crippen MR) is 85.4 cm³/mol. The van der Waals surface area contributed by atoms with Crippen molar-refractivity contribution in [3.8, 4) is 5.75 Å². The summed E-state index contributed by atoms with van der Waals surface area (Å²) in [5.41, 5.74) is 8.23. The maximum atomic E-state index is 12.2. The molecule has 1 unspecified atom stereocenters. The number of anilines is 2. The van der Waals surface area contributed by atoms with Crippen molar-refractivity contribution in [3.63, 3.8) is 0 Å². The van der Waals surface area contributed by atoms with Gasteiger partial charge < -0.3 is 15.8 Å². The van der Waals surface area contributed by atoms with Crippen LogP contribution in [0.3, 0.4) is 0 Å². The molecule has 0 heterocycles. The van der Waals surface area contributed by atoms with Gasteiger partial charge in [0.1, 0.15) is 5.75 Å². The van der Waals surface area contributed by atoms with Gasteiger partial charge in [-0.05, 0) is 37.1 Å². The zero-order valence-corrected chi connectivity index (χ0v) is 12.3. The van der Waals surface area contributed by atoms with Gasteiger partial charge in [0, 0.05) is 17.4 Å². The Morgan fingerprint density at radius 3 is 2.71 bits per heavy atom. The SMILES string of the molecule is CCc1ccccc1NC(=O)C(C)Oc1cccc(N)c1. The third-order valence-electron chi connectivity index (χ3n) is 3.20. The van der Waals surface area contributed by atoms with Crippen LogP contribution in [0.4, 0.5) is 11.4 Å². The number of nitrogens with two attached hydrogens (primary N) is 1. The summed E-state index contributed by atoms with van der Waals surface area (Å²) >= 11 is 0. The quantitative estimate of drug-likeness (QED) is 0.828. The number of hydrogen-bond acceptors (Lipinski definition) is 3. The second-order valence-corrected chi connectivity index (χ2v) is 4.83. The molecule has 110 valence electrons. The molecule has 0 radical (unpaired) electrons. The van der Waals surface area contributed by atoms with Crippen LogP contribution in [0, 0.1) is 0 Å². The van der Waals surface area contributed by atoms with Gasteiger partial charge in [0.15, 0.2) is 6.10 Å². The van der Waals surface area contributed by atoms with E-state index < -0.39 is 6.10 Å². The van der Waals surface area contributed by atoms with E-state index in [0.29, 0.717) is 11.4 Å². The molecule has 2 rings (SSSR count). The highest BCUT2D eigenvalue weighted by molar-refractivity contribution is 5.94. The number of rotatable bonds is 5. The Morgan fingerprint density at radius 2 is 2.00 bits per heavy atom. The van der Waals surface area contributed by atoms with Crippen molar-refractivity contribution >= 4 is 17.3 Å². The van der Waals surface area contributed by atoms with Gasteiger partial charge in [0.2, 0.25) is 0 Å². The van der Waals surface area contributed by atoms with Crippen molar-refractivity contribution in [2.75, 3.05) is 11.1 Å². The second-order valence-electron chi connectivity index (χ2n) is 4.83. The van der Waals surface area contributed by atoms with Crippen LogP contribution >= 0.6 is 0 Å². The Bertz CT molecular complexity index is 626. The molecule has 21 heavy (non-hydrogen) atoms. The van der Waals surface area contributed by atoms with Crippen molar-refractivity contribution in [2.45, 2.75) is 26.4 Å². The summed E-state index contributed by atoms with van der Waals surface area (Å²) < 4.78 is 5.61. The third kappa shape index (κ3) is 3.99. The first kappa shape index (κ1) is 14.9. The minimum absolute atomic E-state index is 0.182. The van der Waals surface area contributed by atoms with Crippen LogP contribution in [0.5, 0.6) is 5.75 Å². The fourth-order valence-electron chi connectivity index (χ4n) is 2.03. The van der Waals surface area contributed by atoms with E-state index in [1.807, 2.05) is 24.3 Å². The molecule has 0 saturated carbocycles. The van der Waals surface area contributed by atoms with Gasteiger partial charge in [-0.3, -0.25) is 4.79 Å². The molecule has 0 aliphatic carbocycles. The Morgan fingerprint density at radius 1 is 1.24 bits per heavy atom. The molecule has 2 aromatic carbocycles. The number of hydrogen-bond donors (Lipinski definition) is 2. The highest BCUT2D eigenvalue weighted by Gasteiger charge is 2.15. The van der Waals surface area contributed by atoms with Crippen LogP contribution in [-0.4, -0.2) is 12.0 Å². The Hall–Kier alpha value is -2.49. The zero-order valence-electron chi connectivity index (χ0n) is 12.3. The molecule has 0 fully saturated rings. The number of aryl methyl sites for hydroxylation is 1. The summed E-state index contributed by atoms with van der Waals surface area (Å²) in [4.78, 5) is 12.2. The summed E-state index contributed by atoms with van der Waals surface area (Å²) in [5, 5.41) is 2.90. The van der Waals surface area contributed by atoms with E-state index >= 15 is 0 Å². The number of ether oxygens (including phenoxy) is 1. The van der Waals surface area contributed by atoms with Gasteiger partial charge in [0.05, 0.1) is 0 Å². The predicted octanol–water partition coefficient (Wildman–Crippen LogP) is 3.24. The molecule has 0 aliphatic heterocycles. The number of benzene rings is 2. The van der Waals surface area contributed by atoms with Crippen molar-refractivity contribution < 1.29 is 9.53 Å². The molecule has 1 amide bonds. The fourth-order valence-corrected chi connectivity index (χ4v) is 2.03. The highest BCUT2D eigenvalue weighted by Crippen LogP contribution is 2.18. The summed E-state index contributed by atoms with van der Waals surface area (Å²) in [5.74, 6) is 0.403. The lowest BCUT2D eigenvalue weighted by atomic mass is 10.1. The Labute approximate surface area is 124 Å². The number of carbonyl (C=O) groups is 1. The maximum absolute atomic E-state index is 12.2. The molecule has 4 heteroatoms. The van der Waals surface area contributed by atoms with E-state index in [1.165, 1.54) is 0 Å². The monoisotopic (exact) mass is 284 g/mol. The van der Waals surface area contributed by atoms with Crippen molar-refractivity contribution in [3.05, 3.63) is 54.1 Å². The zero-order chi connectivity index (χ0) is 15.2. The van der Waals surface area contributed by atoms with Crippen LogP contribution in [0.25, 0.3) is 0 Å². The molecule has 3 N–H and O–H groups in total. The summed E-state index contributed by atoms with van der Waals surface area (Å²) in [6.07, 6.45) is 0.262. The minimum Gasteiger partial charge on any atom is -0.481 e. The van der Waals surface area contributed by atoms with Crippen molar-refractivity contribution in [1.82, 2.24) is 0 Å². The van der Waals surface area contributed by atoms with Gasteiger partial charge >= 0.3 is 0 Å². The van der Waals surface area contributed by atoms with Crippen molar-refractivity contribution in [2.24, 2.45) is 0 Å². The summed E-state index contributed by atoms with van der Waals surface area (Å²) in [7, 11) is 0. The molecule has 0 saturated heterocycles. The van der Waals surface area contributed by atoms with Crippen molar-refractivity contribution in [1.29, 1.82) is 0 Å². The number of amides is 1. The highest BCUT2D eigenvalue weighted by atomic mass is 16.5. The van der Waals surface area contributed by atoms with Gasteiger partial charge in [-0.25, -0.2) is 0 Å². The van der Waals surface area contributed by atoms with E-state index in [9.17, 15) is 4.79 Å². The first-order valence-electron chi connectivity index (χ1n) is 7.01. The van der Waals surface area contributed by atoms with Crippen LogP contribution in [0.1, 0.15) is 19.4 Å². The average molecular weight is 284 g/mol. The molecular formula is C17H20N2O2. The van der Waals surface area contributed by atoms with E-state index in [2.05, 4.69) is 12.2 Å². The first-order chi connectivity index (χ1) is 10.1. The maximum Gasteiger partial charge on any atom is 0.265 e. The van der Waals surface area contributed by atoms with Gasteiger partial charge in [-0.15, -0.1) is 0 Å². The van der Waals surface area contributed by atoms with Gasteiger partial charge in [-0.2, -0.15) is 0 Å². The Kier molecular flexibility index (Phi) is 4.82. The number of nitrogens with one attached hydrogen (secondary N) is 1. The van der Waals surface area contributed by atoms with E-state index in [1.54, 1.807) is 31.2 Å². The van der Waals surface area contributed by atoms with Crippen LogP contribution in [-0.2, 0) is 11.2 Å². The number of para-hydroxylation sites is 1. The normalized spacial score (nSPS) is 11.7. The van der Waals surface area contributed by atoms with E-state index in [-0.39, 0.29) is 5.91 Å². The third-order valence-corrected chi connectivity index (χ3v) is 3.20. The smallest absolute Gasteiger partial charge is 0.265 e. The molecule has 1 atom stereocenters. The fraction of sp³-hybridized carbons (Fsp3) is 0.235. The first-order valence-corrected chi connectivity index (χ1v) is 7.01. The van der Waals surface area contributed by atoms with E-state index in [0.717, 1.165) is 17.7 Å². The number of carbonyl (C=O) groups excluding carboxylic acids is 1. The average Bonchev–Trinajstić information content (AvgIpc) is 2.47. The van der Waals surface area contributed by atoms with Crippen LogP contribution in [0.15, 0.2) is 48.5 Å². The van der Waals surface area contributed by atoms with Gasteiger partial charge in [-0.1, -0.05) is 31.2 Å². The molecular weight excluding hydrogens is 264 g/mol. The van der Waals surface area contributed by atoms with E-state index in [4.69, 9.17) is 10.5 Å². The minimum atomic E-state index is -0.600. The molecule has 4 nitrogen and oxygen atoms in total. The molecule has 0 aliphatic rings. The standard InChI is InChI=1S/C17H20N2O2/c1-3-13-7-4-5-10-16(13)19-17(20)12(2)21-15-9-6-8-14(18)11-15/h4-12H,3,18H2,1-2H3,(H,19,20).